The minimum atomic E-state index is -4.27. The van der Waals surface area contributed by atoms with Crippen LogP contribution >= 0.6 is 0 Å². The average Bonchev–Trinajstić information content (AvgIpc) is 2.09. The Balaban J connectivity index is 5.20. The van der Waals surface area contributed by atoms with Gasteiger partial charge in [0.25, 0.3) is 0 Å². The predicted molar refractivity (Wildman–Crippen MR) is 67.7 cm³/mol. The summed E-state index contributed by atoms with van der Waals surface area (Å²) < 4.78 is 43.6. The van der Waals surface area contributed by atoms with Crippen LogP contribution in [0.3, 0.4) is 0 Å². The summed E-state index contributed by atoms with van der Waals surface area (Å²) in [5.74, 6) is 0. The third-order valence-electron chi connectivity index (χ3n) is 3.55. The van der Waals surface area contributed by atoms with Gasteiger partial charge in [-0.1, -0.05) is 41.5 Å². The van der Waals surface area contributed by atoms with Crippen LogP contribution in [0.5, 0.6) is 0 Å². The molecule has 0 bridgehead atoms. The van der Waals surface area contributed by atoms with Crippen molar-refractivity contribution in [2.45, 2.75) is 77.4 Å². The molecular formula is C12H25F3OSi. The van der Waals surface area contributed by atoms with E-state index in [1.165, 1.54) is 0 Å². The summed E-state index contributed by atoms with van der Waals surface area (Å²) in [5, 5.41) is 0. The molecule has 1 unspecified atom stereocenters. The lowest BCUT2D eigenvalue weighted by molar-refractivity contribution is -0.193. The van der Waals surface area contributed by atoms with E-state index in [1.807, 2.05) is 41.5 Å². The topological polar surface area (TPSA) is 9.23 Å². The smallest absolute Gasteiger partial charge is 0.404 e. The van der Waals surface area contributed by atoms with Crippen molar-refractivity contribution in [2.24, 2.45) is 0 Å². The van der Waals surface area contributed by atoms with E-state index in [1.54, 1.807) is 0 Å². The van der Waals surface area contributed by atoms with Gasteiger partial charge in [-0.3, -0.25) is 0 Å². The van der Waals surface area contributed by atoms with Crippen molar-refractivity contribution in [3.05, 3.63) is 0 Å². The second kappa shape index (κ2) is 5.74. The van der Waals surface area contributed by atoms with Gasteiger partial charge in [-0.25, -0.2) is 0 Å². The molecule has 0 aliphatic rings. The summed E-state index contributed by atoms with van der Waals surface area (Å²) in [4.78, 5) is 0. The van der Waals surface area contributed by atoms with Crippen molar-refractivity contribution in [2.75, 3.05) is 0 Å². The third kappa shape index (κ3) is 3.71. The van der Waals surface area contributed by atoms with E-state index in [4.69, 9.17) is 4.43 Å². The van der Waals surface area contributed by atoms with Crippen LogP contribution in [0.4, 0.5) is 13.2 Å². The fourth-order valence-electron chi connectivity index (χ4n) is 2.78. The largest absolute Gasteiger partial charge is 0.413 e. The highest BCUT2D eigenvalue weighted by molar-refractivity contribution is 6.77. The lowest BCUT2D eigenvalue weighted by atomic mass is 10.4. The van der Waals surface area contributed by atoms with E-state index in [2.05, 4.69) is 0 Å². The first kappa shape index (κ1) is 17.0. The summed E-state index contributed by atoms with van der Waals surface area (Å²) in [6, 6.07) is 0. The van der Waals surface area contributed by atoms with Crippen LogP contribution in [0, 0.1) is 0 Å². The van der Waals surface area contributed by atoms with Gasteiger partial charge in [-0.15, -0.1) is 0 Å². The first-order valence-electron chi connectivity index (χ1n) is 6.20. The molecule has 0 radical (unpaired) electrons. The van der Waals surface area contributed by atoms with Crippen molar-refractivity contribution in [3.8, 4) is 0 Å². The highest BCUT2D eigenvalue weighted by atomic mass is 28.4. The summed E-state index contributed by atoms with van der Waals surface area (Å²) in [7, 11) is -2.42. The molecule has 0 aliphatic carbocycles. The van der Waals surface area contributed by atoms with Gasteiger partial charge < -0.3 is 4.43 Å². The predicted octanol–water partition coefficient (Wildman–Crippen LogP) is 5.13. The maximum atomic E-state index is 12.7. The van der Waals surface area contributed by atoms with Crippen molar-refractivity contribution in [3.63, 3.8) is 0 Å². The van der Waals surface area contributed by atoms with E-state index in [0.717, 1.165) is 6.92 Å². The fraction of sp³-hybridized carbons (Fsp3) is 1.00. The zero-order valence-corrected chi connectivity index (χ0v) is 12.9. The molecule has 0 spiro atoms. The molecule has 5 heteroatoms. The molecule has 0 fully saturated rings. The van der Waals surface area contributed by atoms with Crippen molar-refractivity contribution in [1.82, 2.24) is 0 Å². The van der Waals surface area contributed by atoms with E-state index < -0.39 is 20.6 Å². The molecular weight excluding hydrogens is 245 g/mol. The highest BCUT2D eigenvalue weighted by Crippen LogP contribution is 2.44. The molecule has 0 rings (SSSR count). The minimum absolute atomic E-state index is 0.173. The summed E-state index contributed by atoms with van der Waals surface area (Å²) in [6.45, 7) is 13.0. The molecule has 0 amide bonds. The SMILES string of the molecule is CC(O[Si](C(C)C)(C(C)C)C(C)C)C(F)(F)F. The van der Waals surface area contributed by atoms with Gasteiger partial charge in [-0.05, 0) is 23.5 Å². The van der Waals surface area contributed by atoms with Gasteiger partial charge in [0.1, 0.15) is 6.10 Å². The van der Waals surface area contributed by atoms with Gasteiger partial charge in [0.2, 0.25) is 8.32 Å². The molecule has 0 heterocycles. The van der Waals surface area contributed by atoms with Crippen LogP contribution in [0.1, 0.15) is 48.5 Å². The Hall–Kier alpha value is -0.0331. The van der Waals surface area contributed by atoms with Gasteiger partial charge in [-0.2, -0.15) is 13.2 Å². The normalized spacial score (nSPS) is 16.1. The number of hydrogen-bond acceptors (Lipinski definition) is 1. The fourth-order valence-corrected chi connectivity index (χ4v) is 8.34. The van der Waals surface area contributed by atoms with Crippen molar-refractivity contribution < 1.29 is 17.6 Å². The molecule has 1 atom stereocenters. The Morgan fingerprint density at radius 1 is 0.765 bits per heavy atom. The molecule has 0 aliphatic heterocycles. The standard InChI is InChI=1S/C12H25F3OSi/c1-8(2)17(9(3)4,10(5)6)16-11(7)12(13,14)15/h8-11H,1-7H3. The monoisotopic (exact) mass is 270 g/mol. The van der Waals surface area contributed by atoms with Crippen LogP contribution < -0.4 is 0 Å². The van der Waals surface area contributed by atoms with Crippen molar-refractivity contribution in [1.29, 1.82) is 0 Å². The average molecular weight is 270 g/mol. The number of halogens is 3. The van der Waals surface area contributed by atoms with Crippen LogP contribution in [0.2, 0.25) is 16.6 Å². The lowest BCUT2D eigenvalue weighted by Gasteiger charge is -2.44. The maximum absolute atomic E-state index is 12.7. The second-order valence-electron chi connectivity index (χ2n) is 5.62. The highest BCUT2D eigenvalue weighted by Gasteiger charge is 2.50. The number of rotatable bonds is 5. The van der Waals surface area contributed by atoms with E-state index in [9.17, 15) is 13.2 Å². The summed E-state index contributed by atoms with van der Waals surface area (Å²) in [5.41, 5.74) is 0.520. The molecule has 104 valence electrons. The number of hydrogen-bond donors (Lipinski definition) is 0. The molecule has 0 aromatic heterocycles. The summed E-state index contributed by atoms with van der Waals surface area (Å²) in [6.07, 6.45) is -5.93. The third-order valence-corrected chi connectivity index (χ3v) is 9.72. The van der Waals surface area contributed by atoms with E-state index >= 15 is 0 Å². The maximum Gasteiger partial charge on any atom is 0.413 e. The van der Waals surface area contributed by atoms with Crippen molar-refractivity contribution >= 4 is 8.32 Å². The Bertz CT molecular complexity index is 215. The molecule has 0 aromatic rings. The van der Waals surface area contributed by atoms with E-state index in [0.29, 0.717) is 0 Å². The Labute approximate surface area is 104 Å². The first-order valence-corrected chi connectivity index (χ1v) is 8.34. The molecule has 17 heavy (non-hydrogen) atoms. The van der Waals surface area contributed by atoms with Crippen LogP contribution in [0.15, 0.2) is 0 Å². The number of alkyl halides is 3. The van der Waals surface area contributed by atoms with Gasteiger partial charge in [0.05, 0.1) is 0 Å². The zero-order chi connectivity index (χ0) is 14.0. The zero-order valence-electron chi connectivity index (χ0n) is 11.9. The molecule has 0 aromatic carbocycles. The van der Waals surface area contributed by atoms with Gasteiger partial charge >= 0.3 is 6.18 Å². The first-order chi connectivity index (χ1) is 7.46. The molecule has 0 saturated carbocycles. The Morgan fingerprint density at radius 2 is 1.06 bits per heavy atom. The molecule has 1 nitrogen and oxygen atoms in total. The summed E-state index contributed by atoms with van der Waals surface area (Å²) >= 11 is 0. The van der Waals surface area contributed by atoms with E-state index in [-0.39, 0.29) is 16.6 Å². The van der Waals surface area contributed by atoms with Crippen LogP contribution in [0.25, 0.3) is 0 Å². The van der Waals surface area contributed by atoms with Gasteiger partial charge in [0.15, 0.2) is 0 Å². The lowest BCUT2D eigenvalue weighted by Crippen LogP contribution is -2.52. The Morgan fingerprint density at radius 3 is 1.24 bits per heavy atom. The van der Waals surface area contributed by atoms with Gasteiger partial charge in [0, 0.05) is 0 Å². The minimum Gasteiger partial charge on any atom is -0.404 e. The second-order valence-corrected chi connectivity index (χ2v) is 11.0. The Kier molecular flexibility index (Phi) is 5.73. The quantitative estimate of drug-likeness (QED) is 0.629. The van der Waals surface area contributed by atoms with Crippen LogP contribution in [-0.2, 0) is 4.43 Å². The molecule has 0 N–H and O–H groups in total. The van der Waals surface area contributed by atoms with Crippen LogP contribution in [-0.4, -0.2) is 20.6 Å². The molecule has 0 saturated heterocycles.